The van der Waals surface area contributed by atoms with Crippen LogP contribution in [0.4, 0.5) is 5.13 Å². The maximum absolute atomic E-state index is 5.86. The maximum Gasteiger partial charge on any atom is 0.185 e. The molecule has 3 unspecified atom stereocenters. The molecule has 2 heterocycles. The first-order chi connectivity index (χ1) is 7.58. The SMILES string of the molecule is CC(N)c1cnc(N2CCC(C)C(C)C2)s1. The Labute approximate surface area is 102 Å². The predicted octanol–water partition coefficient (Wildman–Crippen LogP) is 2.65. The molecule has 0 saturated carbocycles. The first kappa shape index (κ1) is 11.9. The van der Waals surface area contributed by atoms with Crippen molar-refractivity contribution in [2.45, 2.75) is 33.2 Å². The molecule has 0 aliphatic carbocycles. The van der Waals surface area contributed by atoms with Crippen molar-refractivity contribution < 1.29 is 0 Å². The Morgan fingerprint density at radius 1 is 1.50 bits per heavy atom. The fraction of sp³-hybridized carbons (Fsp3) is 0.750. The molecule has 16 heavy (non-hydrogen) atoms. The van der Waals surface area contributed by atoms with Gasteiger partial charge in [-0.2, -0.15) is 0 Å². The van der Waals surface area contributed by atoms with E-state index in [2.05, 4.69) is 23.7 Å². The first-order valence-corrected chi connectivity index (χ1v) is 6.86. The molecule has 2 N–H and O–H groups in total. The number of nitrogens with zero attached hydrogens (tertiary/aromatic N) is 2. The average Bonchev–Trinajstić information content (AvgIpc) is 2.71. The summed E-state index contributed by atoms with van der Waals surface area (Å²) < 4.78 is 0. The van der Waals surface area contributed by atoms with Crippen LogP contribution < -0.4 is 10.6 Å². The van der Waals surface area contributed by atoms with E-state index in [4.69, 9.17) is 5.73 Å². The monoisotopic (exact) mass is 239 g/mol. The van der Waals surface area contributed by atoms with Gasteiger partial charge in [0.15, 0.2) is 5.13 Å². The Morgan fingerprint density at radius 2 is 2.25 bits per heavy atom. The van der Waals surface area contributed by atoms with Gasteiger partial charge in [-0.3, -0.25) is 0 Å². The highest BCUT2D eigenvalue weighted by molar-refractivity contribution is 7.15. The van der Waals surface area contributed by atoms with Crippen LogP contribution in [-0.4, -0.2) is 18.1 Å². The molecule has 0 aromatic carbocycles. The molecule has 1 saturated heterocycles. The zero-order chi connectivity index (χ0) is 11.7. The van der Waals surface area contributed by atoms with E-state index in [1.807, 2.05) is 13.1 Å². The molecule has 3 nitrogen and oxygen atoms in total. The van der Waals surface area contributed by atoms with E-state index in [0.717, 1.165) is 30.1 Å². The van der Waals surface area contributed by atoms with Crippen molar-refractivity contribution in [3.63, 3.8) is 0 Å². The third-order valence-corrected chi connectivity index (χ3v) is 4.82. The lowest BCUT2D eigenvalue weighted by Crippen LogP contribution is -2.38. The molecule has 0 amide bonds. The Morgan fingerprint density at radius 3 is 2.81 bits per heavy atom. The molecule has 0 radical (unpaired) electrons. The van der Waals surface area contributed by atoms with Gasteiger partial charge in [0.05, 0.1) is 0 Å². The summed E-state index contributed by atoms with van der Waals surface area (Å²) in [7, 11) is 0. The summed E-state index contributed by atoms with van der Waals surface area (Å²) in [4.78, 5) is 8.07. The number of hydrogen-bond donors (Lipinski definition) is 1. The largest absolute Gasteiger partial charge is 0.348 e. The van der Waals surface area contributed by atoms with Crippen molar-refractivity contribution in [1.82, 2.24) is 4.98 Å². The van der Waals surface area contributed by atoms with Gasteiger partial charge in [-0.1, -0.05) is 13.8 Å². The number of anilines is 1. The van der Waals surface area contributed by atoms with E-state index in [9.17, 15) is 0 Å². The van der Waals surface area contributed by atoms with Crippen LogP contribution in [0, 0.1) is 11.8 Å². The molecule has 1 aromatic rings. The minimum absolute atomic E-state index is 0.104. The highest BCUT2D eigenvalue weighted by Crippen LogP contribution is 2.31. The molecule has 4 heteroatoms. The second-order valence-electron chi connectivity index (χ2n) is 5.02. The molecular weight excluding hydrogens is 218 g/mol. The minimum atomic E-state index is 0.104. The van der Waals surface area contributed by atoms with Crippen molar-refractivity contribution in [3.05, 3.63) is 11.1 Å². The highest BCUT2D eigenvalue weighted by Gasteiger charge is 2.24. The van der Waals surface area contributed by atoms with Crippen LogP contribution in [0.3, 0.4) is 0 Å². The third kappa shape index (κ3) is 2.38. The molecule has 2 rings (SSSR count). The van der Waals surface area contributed by atoms with Gasteiger partial charge < -0.3 is 10.6 Å². The lowest BCUT2D eigenvalue weighted by atomic mass is 9.89. The molecule has 3 atom stereocenters. The lowest BCUT2D eigenvalue weighted by Gasteiger charge is -2.35. The molecule has 1 fully saturated rings. The number of aromatic nitrogens is 1. The lowest BCUT2D eigenvalue weighted by molar-refractivity contribution is 0.324. The number of hydrogen-bond acceptors (Lipinski definition) is 4. The zero-order valence-corrected chi connectivity index (χ0v) is 11.1. The van der Waals surface area contributed by atoms with E-state index in [1.165, 1.54) is 11.3 Å². The highest BCUT2D eigenvalue weighted by atomic mass is 32.1. The van der Waals surface area contributed by atoms with Crippen LogP contribution in [0.1, 0.15) is 38.1 Å². The molecular formula is C12H21N3S. The van der Waals surface area contributed by atoms with Crippen molar-refractivity contribution in [1.29, 1.82) is 0 Å². The Kier molecular flexibility index (Phi) is 3.50. The van der Waals surface area contributed by atoms with E-state index in [0.29, 0.717) is 0 Å². The van der Waals surface area contributed by atoms with Gasteiger partial charge >= 0.3 is 0 Å². The minimum Gasteiger partial charge on any atom is -0.348 e. The van der Waals surface area contributed by atoms with Gasteiger partial charge in [-0.05, 0) is 25.2 Å². The van der Waals surface area contributed by atoms with Crippen LogP contribution in [0.25, 0.3) is 0 Å². The smallest absolute Gasteiger partial charge is 0.185 e. The quantitative estimate of drug-likeness (QED) is 0.862. The van der Waals surface area contributed by atoms with Gasteiger partial charge in [-0.15, -0.1) is 11.3 Å². The molecule has 90 valence electrons. The van der Waals surface area contributed by atoms with Crippen molar-refractivity contribution in [2.75, 3.05) is 18.0 Å². The van der Waals surface area contributed by atoms with Gasteiger partial charge in [0.25, 0.3) is 0 Å². The molecule has 0 spiro atoms. The number of piperidine rings is 1. The van der Waals surface area contributed by atoms with E-state index in [-0.39, 0.29) is 6.04 Å². The summed E-state index contributed by atoms with van der Waals surface area (Å²) in [6.07, 6.45) is 3.20. The zero-order valence-electron chi connectivity index (χ0n) is 10.3. The summed E-state index contributed by atoms with van der Waals surface area (Å²) in [6.45, 7) is 8.96. The van der Waals surface area contributed by atoms with Gasteiger partial charge in [0, 0.05) is 30.2 Å². The summed E-state index contributed by atoms with van der Waals surface area (Å²) in [6, 6.07) is 0.104. The number of thiazole rings is 1. The number of rotatable bonds is 2. The Balaban J connectivity index is 2.07. The van der Waals surface area contributed by atoms with Crippen LogP contribution >= 0.6 is 11.3 Å². The molecule has 1 aliphatic heterocycles. The third-order valence-electron chi connectivity index (χ3n) is 3.56. The standard InChI is InChI=1S/C12H21N3S/c1-8-4-5-15(7-9(8)2)12-14-6-11(16-12)10(3)13/h6,8-10H,4-5,7,13H2,1-3H3. The summed E-state index contributed by atoms with van der Waals surface area (Å²) >= 11 is 1.74. The van der Waals surface area contributed by atoms with Crippen LogP contribution in [0.2, 0.25) is 0 Å². The average molecular weight is 239 g/mol. The topological polar surface area (TPSA) is 42.1 Å². The molecule has 0 bridgehead atoms. The van der Waals surface area contributed by atoms with Gasteiger partial charge in [-0.25, -0.2) is 4.98 Å². The fourth-order valence-electron chi connectivity index (χ4n) is 2.07. The Bertz CT molecular complexity index is 348. The molecule has 1 aromatic heterocycles. The summed E-state index contributed by atoms with van der Waals surface area (Å²) in [5, 5.41) is 1.14. The van der Waals surface area contributed by atoms with Crippen molar-refractivity contribution in [3.8, 4) is 0 Å². The number of nitrogens with two attached hydrogens (primary N) is 1. The van der Waals surface area contributed by atoms with Gasteiger partial charge in [0.1, 0.15) is 0 Å². The van der Waals surface area contributed by atoms with E-state index >= 15 is 0 Å². The maximum atomic E-state index is 5.86. The van der Waals surface area contributed by atoms with Crippen LogP contribution in [0.5, 0.6) is 0 Å². The fourth-order valence-corrected chi connectivity index (χ4v) is 2.97. The second-order valence-corrected chi connectivity index (χ2v) is 6.06. The summed E-state index contributed by atoms with van der Waals surface area (Å²) in [5.74, 6) is 1.60. The second kappa shape index (κ2) is 4.72. The summed E-state index contributed by atoms with van der Waals surface area (Å²) in [5.41, 5.74) is 5.86. The van der Waals surface area contributed by atoms with Crippen molar-refractivity contribution in [2.24, 2.45) is 17.6 Å². The van der Waals surface area contributed by atoms with Crippen LogP contribution in [-0.2, 0) is 0 Å². The van der Waals surface area contributed by atoms with Crippen molar-refractivity contribution >= 4 is 16.5 Å². The normalized spacial score (nSPS) is 28.1. The first-order valence-electron chi connectivity index (χ1n) is 6.04. The van der Waals surface area contributed by atoms with Crippen LogP contribution in [0.15, 0.2) is 6.20 Å². The van der Waals surface area contributed by atoms with Gasteiger partial charge in [0.2, 0.25) is 0 Å². The van der Waals surface area contributed by atoms with E-state index in [1.54, 1.807) is 11.3 Å². The van der Waals surface area contributed by atoms with E-state index < -0.39 is 0 Å². The Hall–Kier alpha value is -0.610. The predicted molar refractivity (Wildman–Crippen MR) is 69.9 cm³/mol. The molecule has 1 aliphatic rings.